The normalized spacial score (nSPS) is 12.5. The fourth-order valence-electron chi connectivity index (χ4n) is 1.52. The molecular weight excluding hydrogens is 234 g/mol. The third-order valence-electron chi connectivity index (χ3n) is 2.57. The summed E-state index contributed by atoms with van der Waals surface area (Å²) < 4.78 is 13.8. The van der Waals surface area contributed by atoms with Crippen LogP contribution in [-0.2, 0) is 17.3 Å². The maximum absolute atomic E-state index is 12.0. The highest BCUT2D eigenvalue weighted by molar-refractivity contribution is 7.85. The number of nitrogen functional groups attached to an aromatic ring is 1. The fourth-order valence-corrected chi connectivity index (χ4v) is 2.63. The van der Waals surface area contributed by atoms with Crippen molar-refractivity contribution in [3.8, 4) is 0 Å². The lowest BCUT2D eigenvalue weighted by molar-refractivity contribution is 0.644. The molecule has 1 aromatic heterocycles. The summed E-state index contributed by atoms with van der Waals surface area (Å²) in [5.74, 6) is 0.561. The highest BCUT2D eigenvalue weighted by Gasteiger charge is 2.05. The lowest BCUT2D eigenvalue weighted by Gasteiger charge is -2.05. The first-order chi connectivity index (χ1) is 8.16. The lowest BCUT2D eigenvalue weighted by atomic mass is 10.2. The van der Waals surface area contributed by atoms with Crippen LogP contribution in [0.3, 0.4) is 0 Å². The summed E-state index contributed by atoms with van der Waals surface area (Å²) in [6.07, 6.45) is 3.59. The third-order valence-corrected chi connectivity index (χ3v) is 3.90. The monoisotopic (exact) mass is 249 g/mol. The van der Waals surface area contributed by atoms with E-state index >= 15 is 0 Å². The molecule has 0 aliphatic rings. The minimum Gasteiger partial charge on any atom is -0.399 e. The zero-order valence-electron chi connectivity index (χ0n) is 9.67. The molecule has 2 aromatic rings. The second-order valence-corrected chi connectivity index (χ2v) is 5.41. The van der Waals surface area contributed by atoms with Gasteiger partial charge in [0.2, 0.25) is 0 Å². The third kappa shape index (κ3) is 2.94. The predicted molar refractivity (Wildman–Crippen MR) is 69.1 cm³/mol. The zero-order chi connectivity index (χ0) is 12.3. The molecule has 0 bridgehead atoms. The van der Waals surface area contributed by atoms with Crippen molar-refractivity contribution < 1.29 is 4.21 Å². The number of hydrogen-bond acceptors (Lipinski definition) is 3. The molecule has 0 radical (unpaired) electrons. The summed E-state index contributed by atoms with van der Waals surface area (Å²) in [4.78, 5) is 0.823. The van der Waals surface area contributed by atoms with Crippen LogP contribution < -0.4 is 5.73 Å². The van der Waals surface area contributed by atoms with Crippen molar-refractivity contribution in [3.05, 3.63) is 42.2 Å². The number of hydrogen-bond donors (Lipinski definition) is 1. The van der Waals surface area contributed by atoms with Gasteiger partial charge in [-0.3, -0.25) is 8.89 Å². The molecule has 0 saturated heterocycles. The van der Waals surface area contributed by atoms with Gasteiger partial charge in [-0.1, -0.05) is 0 Å². The van der Waals surface area contributed by atoms with Gasteiger partial charge in [0.1, 0.15) is 0 Å². The van der Waals surface area contributed by atoms with E-state index < -0.39 is 10.8 Å². The summed E-state index contributed by atoms with van der Waals surface area (Å²) in [6.45, 7) is 2.58. The number of benzene rings is 1. The van der Waals surface area contributed by atoms with E-state index in [1.807, 2.05) is 31.3 Å². The van der Waals surface area contributed by atoms with Crippen molar-refractivity contribution in [1.29, 1.82) is 0 Å². The molecule has 1 heterocycles. The maximum atomic E-state index is 12.0. The van der Waals surface area contributed by atoms with Crippen molar-refractivity contribution >= 4 is 16.5 Å². The van der Waals surface area contributed by atoms with E-state index in [9.17, 15) is 4.21 Å². The van der Waals surface area contributed by atoms with Crippen LogP contribution in [0.1, 0.15) is 5.56 Å². The van der Waals surface area contributed by atoms with Gasteiger partial charge in [0, 0.05) is 28.7 Å². The van der Waals surface area contributed by atoms with Crippen molar-refractivity contribution in [3.63, 3.8) is 0 Å². The van der Waals surface area contributed by atoms with E-state index in [1.54, 1.807) is 16.9 Å². The first kappa shape index (κ1) is 11.9. The van der Waals surface area contributed by atoms with Crippen molar-refractivity contribution in [2.75, 3.05) is 11.5 Å². The van der Waals surface area contributed by atoms with Crippen LogP contribution >= 0.6 is 0 Å². The Hall–Kier alpha value is -1.62. The van der Waals surface area contributed by atoms with Crippen LogP contribution in [0.5, 0.6) is 0 Å². The number of nitrogens with two attached hydrogens (primary N) is 1. The standard InChI is InChI=1S/C12H15N3OS/c1-10-9-11(3-4-12(10)13)17(16)8-7-15-6-2-5-14-15/h2-6,9H,7-8,13H2,1H3. The number of rotatable bonds is 4. The van der Waals surface area contributed by atoms with Crippen molar-refractivity contribution in [2.45, 2.75) is 18.4 Å². The first-order valence-electron chi connectivity index (χ1n) is 5.39. The Labute approximate surface area is 103 Å². The molecule has 0 aliphatic heterocycles. The van der Waals surface area contributed by atoms with Gasteiger partial charge >= 0.3 is 0 Å². The van der Waals surface area contributed by atoms with Gasteiger partial charge in [0.15, 0.2) is 0 Å². The second kappa shape index (κ2) is 5.14. The van der Waals surface area contributed by atoms with E-state index in [4.69, 9.17) is 5.73 Å². The van der Waals surface area contributed by atoms with E-state index in [-0.39, 0.29) is 0 Å². The molecule has 4 nitrogen and oxygen atoms in total. The summed E-state index contributed by atoms with van der Waals surface area (Å²) in [5.41, 5.74) is 7.43. The van der Waals surface area contributed by atoms with E-state index in [0.29, 0.717) is 12.3 Å². The van der Waals surface area contributed by atoms with Crippen molar-refractivity contribution in [1.82, 2.24) is 9.78 Å². The molecule has 0 saturated carbocycles. The van der Waals surface area contributed by atoms with Gasteiger partial charge in [-0.15, -0.1) is 0 Å². The molecule has 0 fully saturated rings. The first-order valence-corrected chi connectivity index (χ1v) is 6.70. The number of anilines is 1. The predicted octanol–water partition coefficient (Wildman–Crippen LogP) is 1.58. The Bertz CT molecular complexity index is 523. The van der Waals surface area contributed by atoms with Crippen LogP contribution in [0.25, 0.3) is 0 Å². The molecule has 0 spiro atoms. The largest absolute Gasteiger partial charge is 0.399 e. The molecule has 2 rings (SSSR count). The smallest absolute Gasteiger partial charge is 0.0548 e. The van der Waals surface area contributed by atoms with Gasteiger partial charge < -0.3 is 5.73 Å². The van der Waals surface area contributed by atoms with Crippen LogP contribution in [-0.4, -0.2) is 19.7 Å². The van der Waals surface area contributed by atoms with E-state index in [0.717, 1.165) is 16.1 Å². The molecule has 1 unspecified atom stereocenters. The molecule has 1 atom stereocenters. The average molecular weight is 249 g/mol. The Morgan fingerprint density at radius 2 is 2.29 bits per heavy atom. The Balaban J connectivity index is 2.02. The lowest BCUT2D eigenvalue weighted by Crippen LogP contribution is -2.08. The topological polar surface area (TPSA) is 60.9 Å². The van der Waals surface area contributed by atoms with Crippen LogP contribution in [0.15, 0.2) is 41.6 Å². The summed E-state index contributed by atoms with van der Waals surface area (Å²) in [7, 11) is -1.00. The van der Waals surface area contributed by atoms with Crippen LogP contribution in [0.4, 0.5) is 5.69 Å². The second-order valence-electron chi connectivity index (χ2n) is 3.84. The Morgan fingerprint density at radius 3 is 2.94 bits per heavy atom. The molecule has 1 aromatic carbocycles. The summed E-state index contributed by atoms with van der Waals surface area (Å²) >= 11 is 0. The van der Waals surface area contributed by atoms with Gasteiger partial charge in [-0.2, -0.15) is 5.10 Å². The highest BCUT2D eigenvalue weighted by atomic mass is 32.2. The van der Waals surface area contributed by atoms with Crippen LogP contribution in [0, 0.1) is 6.92 Å². The minimum atomic E-state index is -1.00. The highest BCUT2D eigenvalue weighted by Crippen LogP contribution is 2.15. The molecular formula is C12H15N3OS. The minimum absolute atomic E-state index is 0.561. The molecule has 90 valence electrons. The van der Waals surface area contributed by atoms with Gasteiger partial charge in [0.05, 0.1) is 17.3 Å². The summed E-state index contributed by atoms with van der Waals surface area (Å²) in [6, 6.07) is 7.36. The fraction of sp³-hybridized carbons (Fsp3) is 0.250. The SMILES string of the molecule is Cc1cc(S(=O)CCn2cccn2)ccc1N. The average Bonchev–Trinajstić information content (AvgIpc) is 2.82. The zero-order valence-corrected chi connectivity index (χ0v) is 10.5. The van der Waals surface area contributed by atoms with Crippen molar-refractivity contribution in [2.24, 2.45) is 0 Å². The maximum Gasteiger partial charge on any atom is 0.0548 e. The van der Waals surface area contributed by atoms with E-state index in [2.05, 4.69) is 5.10 Å². The van der Waals surface area contributed by atoms with Crippen LogP contribution in [0.2, 0.25) is 0 Å². The number of nitrogens with zero attached hydrogens (tertiary/aromatic N) is 2. The number of aromatic nitrogens is 2. The molecule has 17 heavy (non-hydrogen) atoms. The number of aryl methyl sites for hydroxylation is 2. The van der Waals surface area contributed by atoms with Gasteiger partial charge in [-0.25, -0.2) is 0 Å². The molecule has 5 heteroatoms. The van der Waals surface area contributed by atoms with Gasteiger partial charge in [-0.05, 0) is 36.8 Å². The Kier molecular flexibility index (Phi) is 3.58. The molecule has 2 N–H and O–H groups in total. The quantitative estimate of drug-likeness (QED) is 0.837. The van der Waals surface area contributed by atoms with Gasteiger partial charge in [0.25, 0.3) is 0 Å². The summed E-state index contributed by atoms with van der Waals surface area (Å²) in [5, 5.41) is 4.08. The molecule has 0 aliphatic carbocycles. The van der Waals surface area contributed by atoms with E-state index in [1.165, 1.54) is 0 Å². The Morgan fingerprint density at radius 1 is 1.47 bits per heavy atom. The molecule has 0 amide bonds.